The van der Waals surface area contributed by atoms with E-state index in [0.29, 0.717) is 6.42 Å². The maximum atomic E-state index is 11.6. The van der Waals surface area contributed by atoms with Gasteiger partial charge < -0.3 is 10.0 Å². The average Bonchev–Trinajstić information content (AvgIpc) is 2.56. The predicted octanol–water partition coefficient (Wildman–Crippen LogP) is 4.92. The molecule has 122 valence electrons. The van der Waals surface area contributed by atoms with Crippen molar-refractivity contribution in [1.82, 2.24) is 0 Å². The molecule has 0 spiro atoms. The largest absolute Gasteiger partial charge is 0.480 e. The van der Waals surface area contributed by atoms with Gasteiger partial charge in [0.25, 0.3) is 0 Å². The third kappa shape index (κ3) is 4.52. The van der Waals surface area contributed by atoms with E-state index in [1.54, 1.807) is 11.8 Å². The van der Waals surface area contributed by atoms with Crippen molar-refractivity contribution < 1.29 is 9.90 Å². The molecule has 0 fully saturated rings. The highest BCUT2D eigenvalue weighted by Crippen LogP contribution is 2.36. The van der Waals surface area contributed by atoms with E-state index in [0.717, 1.165) is 28.4 Å². The van der Waals surface area contributed by atoms with E-state index in [1.807, 2.05) is 48.2 Å². The second-order valence-corrected chi connectivity index (χ2v) is 6.45. The Morgan fingerprint density at radius 1 is 1.09 bits per heavy atom. The van der Waals surface area contributed by atoms with Crippen LogP contribution in [0.5, 0.6) is 0 Å². The second kappa shape index (κ2) is 8.63. The van der Waals surface area contributed by atoms with Crippen LogP contribution in [0.4, 0.5) is 5.69 Å². The molecule has 0 amide bonds. The molecule has 0 aliphatic rings. The molecular weight excluding hydrogens is 306 g/mol. The van der Waals surface area contributed by atoms with Crippen LogP contribution in [0.15, 0.2) is 64.4 Å². The van der Waals surface area contributed by atoms with Gasteiger partial charge in [-0.15, -0.1) is 0 Å². The van der Waals surface area contributed by atoms with E-state index < -0.39 is 12.0 Å². The second-order valence-electron chi connectivity index (χ2n) is 5.34. The van der Waals surface area contributed by atoms with Gasteiger partial charge in [0, 0.05) is 16.3 Å². The number of hydrogen-bond acceptors (Lipinski definition) is 3. The summed E-state index contributed by atoms with van der Waals surface area (Å²) in [5, 5.41) is 9.56. The van der Waals surface area contributed by atoms with E-state index in [-0.39, 0.29) is 0 Å². The minimum Gasteiger partial charge on any atom is -0.480 e. The van der Waals surface area contributed by atoms with Gasteiger partial charge in [-0.3, -0.25) is 0 Å². The summed E-state index contributed by atoms with van der Waals surface area (Å²) in [6, 6.07) is 17.7. The van der Waals surface area contributed by atoms with Crippen molar-refractivity contribution in [3.8, 4) is 0 Å². The van der Waals surface area contributed by atoms with E-state index >= 15 is 0 Å². The molecule has 2 aromatic carbocycles. The number of anilines is 1. The van der Waals surface area contributed by atoms with Crippen molar-refractivity contribution >= 4 is 23.4 Å². The van der Waals surface area contributed by atoms with Crippen LogP contribution in [0, 0.1) is 0 Å². The van der Waals surface area contributed by atoms with Gasteiger partial charge in [0.2, 0.25) is 0 Å². The summed E-state index contributed by atoms with van der Waals surface area (Å²) in [6.07, 6.45) is 1.49. The minimum atomic E-state index is -0.763. The molecule has 0 heterocycles. The van der Waals surface area contributed by atoms with Gasteiger partial charge in [0.1, 0.15) is 6.04 Å². The first-order valence-electron chi connectivity index (χ1n) is 7.98. The van der Waals surface area contributed by atoms with Crippen molar-refractivity contribution in [2.45, 2.75) is 42.5 Å². The van der Waals surface area contributed by atoms with Gasteiger partial charge in [0.05, 0.1) is 5.69 Å². The van der Waals surface area contributed by atoms with Gasteiger partial charge in [0.15, 0.2) is 0 Å². The van der Waals surface area contributed by atoms with Crippen LogP contribution >= 0.6 is 11.8 Å². The molecule has 2 aromatic rings. The standard InChI is InChI=1S/C19H23NO2S/c1-3-14-20(16(4-2)19(21)22)17-12-8-9-13-18(17)23-15-10-6-5-7-11-15/h5-13,16H,3-4,14H2,1-2H3,(H,21,22)/t16-/m0/s1. The number of rotatable bonds is 8. The third-order valence-electron chi connectivity index (χ3n) is 3.66. The summed E-state index contributed by atoms with van der Waals surface area (Å²) in [4.78, 5) is 15.9. The zero-order chi connectivity index (χ0) is 16.7. The van der Waals surface area contributed by atoms with Crippen molar-refractivity contribution in [1.29, 1.82) is 0 Å². The summed E-state index contributed by atoms with van der Waals surface area (Å²) in [6.45, 7) is 4.74. The highest BCUT2D eigenvalue weighted by Gasteiger charge is 2.25. The molecule has 0 aliphatic carbocycles. The Hall–Kier alpha value is -1.94. The fourth-order valence-corrected chi connectivity index (χ4v) is 3.59. The van der Waals surface area contributed by atoms with Crippen LogP contribution in [-0.4, -0.2) is 23.7 Å². The monoisotopic (exact) mass is 329 g/mol. The Labute approximate surface area is 142 Å². The Kier molecular flexibility index (Phi) is 6.53. The molecule has 0 aliphatic heterocycles. The Balaban J connectivity index is 2.37. The topological polar surface area (TPSA) is 40.5 Å². The number of aliphatic carboxylic acids is 1. The molecule has 0 radical (unpaired) electrons. The molecule has 0 bridgehead atoms. The zero-order valence-corrected chi connectivity index (χ0v) is 14.4. The molecule has 0 saturated heterocycles. The maximum absolute atomic E-state index is 11.6. The molecule has 0 saturated carbocycles. The average molecular weight is 329 g/mol. The molecule has 3 nitrogen and oxygen atoms in total. The number of carboxylic acids is 1. The number of benzene rings is 2. The highest BCUT2D eigenvalue weighted by atomic mass is 32.2. The lowest BCUT2D eigenvalue weighted by molar-refractivity contribution is -0.138. The van der Waals surface area contributed by atoms with Crippen molar-refractivity contribution in [3.63, 3.8) is 0 Å². The highest BCUT2D eigenvalue weighted by molar-refractivity contribution is 7.99. The minimum absolute atomic E-state index is 0.493. The summed E-state index contributed by atoms with van der Waals surface area (Å²) in [5.74, 6) is -0.763. The van der Waals surface area contributed by atoms with Crippen LogP contribution in [0.1, 0.15) is 26.7 Å². The van der Waals surface area contributed by atoms with Gasteiger partial charge in [-0.25, -0.2) is 4.79 Å². The van der Waals surface area contributed by atoms with Crippen molar-refractivity contribution in [2.24, 2.45) is 0 Å². The number of para-hydroxylation sites is 1. The first kappa shape index (κ1) is 17.4. The normalized spacial score (nSPS) is 11.9. The Morgan fingerprint density at radius 3 is 2.35 bits per heavy atom. The van der Waals surface area contributed by atoms with E-state index in [1.165, 1.54) is 0 Å². The maximum Gasteiger partial charge on any atom is 0.326 e. The number of carbonyl (C=O) groups is 1. The molecule has 1 atom stereocenters. The number of nitrogens with zero attached hydrogens (tertiary/aromatic N) is 1. The first-order chi connectivity index (χ1) is 11.2. The van der Waals surface area contributed by atoms with Crippen LogP contribution < -0.4 is 4.90 Å². The predicted molar refractivity (Wildman–Crippen MR) is 96.4 cm³/mol. The van der Waals surface area contributed by atoms with Gasteiger partial charge in [-0.1, -0.05) is 55.9 Å². The fourth-order valence-electron chi connectivity index (χ4n) is 2.61. The molecule has 23 heavy (non-hydrogen) atoms. The lowest BCUT2D eigenvalue weighted by Crippen LogP contribution is -2.41. The summed E-state index contributed by atoms with van der Waals surface area (Å²) in [7, 11) is 0. The van der Waals surface area contributed by atoms with Crippen LogP contribution in [0.3, 0.4) is 0 Å². The van der Waals surface area contributed by atoms with Gasteiger partial charge in [-0.05, 0) is 37.1 Å². The molecule has 0 aromatic heterocycles. The summed E-state index contributed by atoms with van der Waals surface area (Å²) < 4.78 is 0. The lowest BCUT2D eigenvalue weighted by atomic mass is 10.1. The van der Waals surface area contributed by atoms with Crippen LogP contribution in [0.25, 0.3) is 0 Å². The Bertz CT molecular complexity index is 630. The Morgan fingerprint density at radius 2 is 1.74 bits per heavy atom. The fraction of sp³-hybridized carbons (Fsp3) is 0.316. The van der Waals surface area contributed by atoms with E-state index in [2.05, 4.69) is 25.1 Å². The van der Waals surface area contributed by atoms with Gasteiger partial charge in [-0.2, -0.15) is 0 Å². The van der Waals surface area contributed by atoms with Crippen molar-refractivity contribution in [3.05, 3.63) is 54.6 Å². The SMILES string of the molecule is CCCN(c1ccccc1Sc1ccccc1)[C@@H](CC)C(=O)O. The zero-order valence-electron chi connectivity index (χ0n) is 13.6. The molecule has 4 heteroatoms. The number of hydrogen-bond donors (Lipinski definition) is 1. The third-order valence-corrected chi connectivity index (χ3v) is 4.73. The number of carboxylic acid groups (broad SMARTS) is 1. The van der Waals surface area contributed by atoms with E-state index in [9.17, 15) is 9.90 Å². The molecule has 0 unspecified atom stereocenters. The summed E-state index contributed by atoms with van der Waals surface area (Å²) >= 11 is 1.67. The van der Waals surface area contributed by atoms with Crippen LogP contribution in [0.2, 0.25) is 0 Å². The van der Waals surface area contributed by atoms with E-state index in [4.69, 9.17) is 0 Å². The van der Waals surface area contributed by atoms with Crippen molar-refractivity contribution in [2.75, 3.05) is 11.4 Å². The smallest absolute Gasteiger partial charge is 0.326 e. The molecule has 2 rings (SSSR count). The lowest BCUT2D eigenvalue weighted by Gasteiger charge is -2.31. The van der Waals surface area contributed by atoms with Gasteiger partial charge >= 0.3 is 5.97 Å². The molecular formula is C19H23NO2S. The quantitative estimate of drug-likeness (QED) is 0.746. The van der Waals surface area contributed by atoms with Crippen LogP contribution in [-0.2, 0) is 4.79 Å². The summed E-state index contributed by atoms with van der Waals surface area (Å²) in [5.41, 5.74) is 0.998. The molecule has 1 N–H and O–H groups in total. The first-order valence-corrected chi connectivity index (χ1v) is 8.80.